The first-order valence-corrected chi connectivity index (χ1v) is 14.5. The van der Waals surface area contributed by atoms with Gasteiger partial charge in [0.25, 0.3) is 0 Å². The van der Waals surface area contributed by atoms with Crippen LogP contribution in [0, 0.1) is 10.8 Å². The summed E-state index contributed by atoms with van der Waals surface area (Å²) < 4.78 is 0. The normalized spacial score (nSPS) is 20.3. The van der Waals surface area contributed by atoms with E-state index in [1.807, 2.05) is 13.8 Å². The molecule has 0 heterocycles. The van der Waals surface area contributed by atoms with Gasteiger partial charge in [-0.25, -0.2) is 0 Å². The quantitative estimate of drug-likeness (QED) is 0.0903. The zero-order valence-electron chi connectivity index (χ0n) is 24.6. The van der Waals surface area contributed by atoms with E-state index in [1.165, 1.54) is 6.08 Å². The highest BCUT2D eigenvalue weighted by Crippen LogP contribution is 2.30. The number of hydrogen-bond donors (Lipinski definition) is 6. The Bertz CT molecular complexity index is 853. The first kappa shape index (κ1) is 35.3. The van der Waals surface area contributed by atoms with Crippen LogP contribution in [0.2, 0.25) is 0 Å². The molecule has 6 N–H and O–H groups in total. The van der Waals surface area contributed by atoms with Crippen LogP contribution in [0.5, 0.6) is 0 Å². The lowest BCUT2D eigenvalue weighted by Crippen LogP contribution is -2.23. The predicted molar refractivity (Wildman–Crippen MR) is 156 cm³/mol. The van der Waals surface area contributed by atoms with Crippen LogP contribution in [0.3, 0.4) is 0 Å². The molecular formula is C32H54O7. The number of rotatable bonds is 20. The molecule has 0 bridgehead atoms. The Morgan fingerprint density at radius 3 is 2.05 bits per heavy atom. The zero-order valence-corrected chi connectivity index (χ0v) is 24.6. The lowest BCUT2D eigenvalue weighted by Gasteiger charge is -2.26. The lowest BCUT2D eigenvalue weighted by molar-refractivity contribution is -0.147. The number of aliphatic hydroxyl groups is 5. The highest BCUT2D eigenvalue weighted by Gasteiger charge is 2.26. The standard InChI is InChI=1S/C32H54O7/c1-6-26(34)19-23(13-10-12-18-32(4,5)30(38)39)28(36)16-8-7-14-24-20-27(35)21-25(29(24)37)15-9-11-17-31(2,3)22-33/h6,19-21,26-29,33-37H,1,7-18,22H2,2-5H3,(H,38,39)/b23-19-. The molecule has 1 aliphatic rings. The van der Waals surface area contributed by atoms with Crippen molar-refractivity contribution in [2.75, 3.05) is 6.61 Å². The summed E-state index contributed by atoms with van der Waals surface area (Å²) in [5.41, 5.74) is 1.49. The number of unbranched alkanes of at least 4 members (excludes halogenated alkanes) is 3. The third-order valence-electron chi connectivity index (χ3n) is 7.81. The minimum absolute atomic E-state index is 0.106. The van der Waals surface area contributed by atoms with Crippen molar-refractivity contribution in [2.45, 2.75) is 129 Å². The molecule has 0 spiro atoms. The SMILES string of the molecule is C=CC(O)/C=C(/CCCCC(C)(C)C(=O)O)C(O)CCCCC1=CC(O)C=C(CCCCC(C)(C)CO)C1O. The number of hydrogen-bond acceptors (Lipinski definition) is 6. The maximum Gasteiger partial charge on any atom is 0.309 e. The Hall–Kier alpha value is -1.77. The van der Waals surface area contributed by atoms with Gasteiger partial charge in [-0.1, -0.05) is 57.4 Å². The molecule has 0 aromatic rings. The second-order valence-electron chi connectivity index (χ2n) is 12.5. The van der Waals surface area contributed by atoms with Crippen molar-refractivity contribution in [3.05, 3.63) is 47.6 Å². The van der Waals surface area contributed by atoms with E-state index in [-0.39, 0.29) is 12.0 Å². The van der Waals surface area contributed by atoms with Crippen LogP contribution in [0.25, 0.3) is 0 Å². The molecule has 7 nitrogen and oxygen atoms in total. The van der Waals surface area contributed by atoms with Crippen LogP contribution in [0.15, 0.2) is 47.6 Å². The molecule has 0 saturated carbocycles. The number of carboxylic acids is 1. The minimum atomic E-state index is -0.853. The molecule has 4 atom stereocenters. The fourth-order valence-corrected chi connectivity index (χ4v) is 4.86. The summed E-state index contributed by atoms with van der Waals surface area (Å²) in [5.74, 6) is -0.823. The molecule has 0 radical (unpaired) electrons. The number of aliphatic carboxylic acids is 1. The fraction of sp³-hybridized carbons (Fsp3) is 0.719. The van der Waals surface area contributed by atoms with E-state index in [1.54, 1.807) is 32.1 Å². The number of aliphatic hydroxyl groups excluding tert-OH is 5. The molecule has 1 rings (SSSR count). The van der Waals surface area contributed by atoms with Crippen molar-refractivity contribution in [3.63, 3.8) is 0 Å². The molecule has 0 fully saturated rings. The van der Waals surface area contributed by atoms with Gasteiger partial charge >= 0.3 is 5.97 Å². The third-order valence-corrected chi connectivity index (χ3v) is 7.81. The van der Waals surface area contributed by atoms with Gasteiger partial charge in [0, 0.05) is 6.61 Å². The van der Waals surface area contributed by atoms with Gasteiger partial charge in [-0.2, -0.15) is 0 Å². The second kappa shape index (κ2) is 17.1. The van der Waals surface area contributed by atoms with E-state index in [9.17, 15) is 35.4 Å². The Labute approximate surface area is 235 Å². The molecule has 39 heavy (non-hydrogen) atoms. The maximum atomic E-state index is 11.3. The number of carbonyl (C=O) groups is 1. The molecular weight excluding hydrogens is 496 g/mol. The fourth-order valence-electron chi connectivity index (χ4n) is 4.86. The smallest absolute Gasteiger partial charge is 0.309 e. The molecule has 7 heteroatoms. The Kier molecular flexibility index (Phi) is 15.5. The molecule has 0 saturated heterocycles. The van der Waals surface area contributed by atoms with Gasteiger partial charge in [0.15, 0.2) is 0 Å². The van der Waals surface area contributed by atoms with Crippen LogP contribution in [-0.4, -0.2) is 67.6 Å². The first-order valence-electron chi connectivity index (χ1n) is 14.5. The van der Waals surface area contributed by atoms with Crippen LogP contribution in [0.1, 0.15) is 105 Å². The van der Waals surface area contributed by atoms with Gasteiger partial charge < -0.3 is 30.6 Å². The molecule has 0 amide bonds. The lowest BCUT2D eigenvalue weighted by atomic mass is 9.85. The Morgan fingerprint density at radius 1 is 0.949 bits per heavy atom. The Balaban J connectivity index is 2.55. The molecule has 0 aliphatic heterocycles. The molecule has 4 unspecified atom stereocenters. The van der Waals surface area contributed by atoms with Crippen LogP contribution in [-0.2, 0) is 4.79 Å². The van der Waals surface area contributed by atoms with Gasteiger partial charge in [-0.05, 0) is 93.8 Å². The molecule has 0 aromatic heterocycles. The molecule has 1 aliphatic carbocycles. The van der Waals surface area contributed by atoms with Crippen molar-refractivity contribution in [2.24, 2.45) is 10.8 Å². The summed E-state index contributed by atoms with van der Waals surface area (Å²) in [6.45, 7) is 11.2. The largest absolute Gasteiger partial charge is 0.481 e. The zero-order chi connectivity index (χ0) is 29.6. The van der Waals surface area contributed by atoms with Crippen LogP contribution in [0.4, 0.5) is 0 Å². The summed E-state index contributed by atoms with van der Waals surface area (Å²) in [6.07, 6.45) is 12.1. The molecule has 224 valence electrons. The monoisotopic (exact) mass is 550 g/mol. The van der Waals surface area contributed by atoms with Gasteiger partial charge in [0.2, 0.25) is 0 Å². The first-order chi connectivity index (χ1) is 18.2. The van der Waals surface area contributed by atoms with Gasteiger partial charge in [0.05, 0.1) is 29.8 Å². The third kappa shape index (κ3) is 13.4. The van der Waals surface area contributed by atoms with Crippen LogP contribution < -0.4 is 0 Å². The summed E-state index contributed by atoms with van der Waals surface area (Å²) >= 11 is 0. The highest BCUT2D eigenvalue weighted by molar-refractivity contribution is 5.73. The van der Waals surface area contributed by atoms with Crippen molar-refractivity contribution >= 4 is 5.97 Å². The summed E-state index contributed by atoms with van der Waals surface area (Å²) in [4.78, 5) is 11.3. The van der Waals surface area contributed by atoms with Gasteiger partial charge in [-0.3, -0.25) is 4.79 Å². The average Bonchev–Trinajstić information content (AvgIpc) is 2.87. The average molecular weight is 551 g/mol. The van der Waals surface area contributed by atoms with Gasteiger partial charge in [-0.15, -0.1) is 6.58 Å². The second-order valence-corrected chi connectivity index (χ2v) is 12.5. The van der Waals surface area contributed by atoms with E-state index >= 15 is 0 Å². The van der Waals surface area contributed by atoms with Crippen molar-refractivity contribution in [1.82, 2.24) is 0 Å². The molecule has 0 aromatic carbocycles. The van der Waals surface area contributed by atoms with Crippen molar-refractivity contribution in [3.8, 4) is 0 Å². The van der Waals surface area contributed by atoms with E-state index < -0.39 is 35.8 Å². The Morgan fingerprint density at radius 2 is 1.51 bits per heavy atom. The van der Waals surface area contributed by atoms with Crippen molar-refractivity contribution in [1.29, 1.82) is 0 Å². The summed E-state index contributed by atoms with van der Waals surface area (Å²) in [6, 6.07) is 0. The summed E-state index contributed by atoms with van der Waals surface area (Å²) in [7, 11) is 0. The minimum Gasteiger partial charge on any atom is -0.481 e. The topological polar surface area (TPSA) is 138 Å². The summed E-state index contributed by atoms with van der Waals surface area (Å²) in [5, 5.41) is 60.7. The highest BCUT2D eigenvalue weighted by atomic mass is 16.4. The van der Waals surface area contributed by atoms with E-state index in [0.717, 1.165) is 42.4 Å². The van der Waals surface area contributed by atoms with Crippen LogP contribution >= 0.6 is 0 Å². The van der Waals surface area contributed by atoms with E-state index in [4.69, 9.17) is 0 Å². The van der Waals surface area contributed by atoms with E-state index in [2.05, 4.69) is 6.58 Å². The number of carboxylic acid groups (broad SMARTS) is 1. The maximum absolute atomic E-state index is 11.3. The predicted octanol–water partition coefficient (Wildman–Crippen LogP) is 5.22. The van der Waals surface area contributed by atoms with Crippen molar-refractivity contribution < 1.29 is 35.4 Å². The van der Waals surface area contributed by atoms with Gasteiger partial charge in [0.1, 0.15) is 0 Å². The van der Waals surface area contributed by atoms with E-state index in [0.29, 0.717) is 51.4 Å².